The van der Waals surface area contributed by atoms with Gasteiger partial charge in [-0.3, -0.25) is 0 Å². The second kappa shape index (κ2) is 12.1. The van der Waals surface area contributed by atoms with Crippen LogP contribution in [-0.4, -0.2) is 0 Å². The van der Waals surface area contributed by atoms with E-state index in [-0.39, 0.29) is 0 Å². The molecule has 4 heteroatoms. The third kappa shape index (κ3) is 4.48. The topological polar surface area (TPSA) is 38.8 Å². The van der Waals surface area contributed by atoms with Crippen molar-refractivity contribution in [3.63, 3.8) is 0 Å². The van der Waals surface area contributed by atoms with Gasteiger partial charge in [0.15, 0.2) is 11.5 Å². The number of ether oxygens (including phenoxy) is 1. The highest BCUT2D eigenvalue weighted by Crippen LogP contribution is 2.63. The van der Waals surface area contributed by atoms with Crippen LogP contribution in [0.2, 0.25) is 0 Å². The van der Waals surface area contributed by atoms with Crippen LogP contribution in [-0.2, 0) is 5.41 Å². The largest absolute Gasteiger partial charge is 0.456 e. The van der Waals surface area contributed by atoms with Crippen molar-refractivity contribution in [1.82, 2.24) is 0 Å². The third-order valence-corrected chi connectivity index (χ3v) is 12.5. The van der Waals surface area contributed by atoms with Gasteiger partial charge in [0.05, 0.1) is 5.39 Å². The minimum absolute atomic E-state index is 0.680. The molecule has 3 heterocycles. The van der Waals surface area contributed by atoms with Gasteiger partial charge >= 0.3 is 0 Å². The number of hydrogen-bond donors (Lipinski definition) is 0. The molecule has 0 unspecified atom stereocenters. The van der Waals surface area contributed by atoms with Crippen molar-refractivity contribution in [2.75, 3.05) is 4.90 Å². The zero-order valence-corrected chi connectivity index (χ0v) is 31.7. The molecule has 276 valence electrons. The molecule has 0 radical (unpaired) electrons. The summed E-state index contributed by atoms with van der Waals surface area (Å²) in [6.07, 6.45) is 0. The lowest BCUT2D eigenvalue weighted by molar-refractivity contribution is 0.389. The molecule has 59 heavy (non-hydrogen) atoms. The van der Waals surface area contributed by atoms with Crippen LogP contribution >= 0.6 is 0 Å². The molecule has 11 aromatic rings. The van der Waals surface area contributed by atoms with Crippen molar-refractivity contribution in [2.24, 2.45) is 0 Å². The first-order valence-corrected chi connectivity index (χ1v) is 20.1. The Balaban J connectivity index is 1.02. The summed E-state index contributed by atoms with van der Waals surface area (Å²) in [5.41, 5.74) is 13.1. The fourth-order valence-electron chi connectivity index (χ4n) is 9.98. The second-order valence-corrected chi connectivity index (χ2v) is 15.6. The van der Waals surface area contributed by atoms with E-state index in [1.54, 1.807) is 0 Å². The van der Waals surface area contributed by atoms with E-state index < -0.39 is 5.41 Å². The number of furan rings is 2. The van der Waals surface area contributed by atoms with E-state index in [1.165, 1.54) is 38.6 Å². The van der Waals surface area contributed by atoms with Crippen LogP contribution in [0.25, 0.3) is 65.9 Å². The summed E-state index contributed by atoms with van der Waals surface area (Å²) >= 11 is 0. The molecule has 0 saturated carbocycles. The summed E-state index contributed by atoms with van der Waals surface area (Å²) in [5, 5.41) is 5.55. The van der Waals surface area contributed by atoms with Crippen LogP contribution in [0.5, 0.6) is 11.5 Å². The number of benzene rings is 9. The van der Waals surface area contributed by atoms with Crippen LogP contribution < -0.4 is 9.64 Å². The van der Waals surface area contributed by atoms with Crippen LogP contribution in [0.4, 0.5) is 17.1 Å². The van der Waals surface area contributed by atoms with Crippen molar-refractivity contribution in [3.05, 3.63) is 223 Å². The molecule has 1 spiro atoms. The molecule has 2 aliphatic rings. The summed E-state index contributed by atoms with van der Waals surface area (Å²) in [7, 11) is 0. The molecule has 1 aliphatic carbocycles. The first-order chi connectivity index (χ1) is 29.2. The van der Waals surface area contributed by atoms with Gasteiger partial charge in [-0.25, -0.2) is 0 Å². The van der Waals surface area contributed by atoms with Gasteiger partial charge in [0, 0.05) is 39.5 Å². The van der Waals surface area contributed by atoms with Gasteiger partial charge in [0.25, 0.3) is 0 Å². The lowest BCUT2D eigenvalue weighted by atomic mass is 9.69. The van der Waals surface area contributed by atoms with Crippen molar-refractivity contribution in [1.29, 1.82) is 0 Å². The molecule has 0 atom stereocenters. The molecule has 9 aromatic carbocycles. The predicted molar refractivity (Wildman–Crippen MR) is 238 cm³/mol. The van der Waals surface area contributed by atoms with Gasteiger partial charge in [-0.2, -0.15) is 0 Å². The molecular weight excluding hydrogens is 723 g/mol. The van der Waals surface area contributed by atoms with Gasteiger partial charge in [0.2, 0.25) is 0 Å². The third-order valence-electron chi connectivity index (χ3n) is 12.5. The van der Waals surface area contributed by atoms with Gasteiger partial charge < -0.3 is 18.5 Å². The van der Waals surface area contributed by atoms with Crippen LogP contribution in [0, 0.1) is 0 Å². The SMILES string of the molecule is c1ccc2c(c1)Oc1c(oc3cc(N(c4ccc(-c5cccc6ccccc56)cc4)c4ccc5oc6ccccc6c5c4)ccc13)C21c2ccccc2-c2ccccc21. The van der Waals surface area contributed by atoms with E-state index in [0.717, 1.165) is 78.4 Å². The van der Waals surface area contributed by atoms with Crippen LogP contribution in [0.3, 0.4) is 0 Å². The Morgan fingerprint density at radius 3 is 1.81 bits per heavy atom. The Kier molecular flexibility index (Phi) is 6.62. The highest BCUT2D eigenvalue weighted by molar-refractivity contribution is 6.07. The molecule has 13 rings (SSSR count). The Morgan fingerprint density at radius 1 is 0.373 bits per heavy atom. The Morgan fingerprint density at radius 2 is 0.983 bits per heavy atom. The summed E-state index contributed by atoms with van der Waals surface area (Å²) in [6.45, 7) is 0. The Bertz CT molecular complexity index is 3450. The monoisotopic (exact) mass is 755 g/mol. The summed E-state index contributed by atoms with van der Waals surface area (Å²) in [6, 6.07) is 71.0. The van der Waals surface area contributed by atoms with E-state index in [1.807, 2.05) is 18.2 Å². The fourth-order valence-corrected chi connectivity index (χ4v) is 9.98. The van der Waals surface area contributed by atoms with Crippen molar-refractivity contribution >= 4 is 60.7 Å². The van der Waals surface area contributed by atoms with Crippen LogP contribution in [0.15, 0.2) is 209 Å². The fraction of sp³-hybridized carbons (Fsp3) is 0.0182. The highest BCUT2D eigenvalue weighted by atomic mass is 16.5. The number of hydrogen-bond acceptors (Lipinski definition) is 4. The maximum Gasteiger partial charge on any atom is 0.178 e. The smallest absolute Gasteiger partial charge is 0.178 e. The van der Waals surface area contributed by atoms with Gasteiger partial charge in [-0.1, -0.05) is 140 Å². The van der Waals surface area contributed by atoms with E-state index in [2.05, 4.69) is 187 Å². The van der Waals surface area contributed by atoms with Gasteiger partial charge in [0.1, 0.15) is 27.9 Å². The number of anilines is 3. The molecular formula is C55H33NO3. The first-order valence-electron chi connectivity index (χ1n) is 20.1. The molecule has 4 nitrogen and oxygen atoms in total. The zero-order valence-electron chi connectivity index (χ0n) is 31.7. The highest BCUT2D eigenvalue weighted by Gasteiger charge is 2.54. The minimum atomic E-state index is -0.680. The molecule has 0 saturated heterocycles. The van der Waals surface area contributed by atoms with Gasteiger partial charge in [-0.15, -0.1) is 0 Å². The molecule has 1 aliphatic heterocycles. The molecule has 0 bridgehead atoms. The normalized spacial score (nSPS) is 13.4. The quantitative estimate of drug-likeness (QED) is 0.179. The predicted octanol–water partition coefficient (Wildman–Crippen LogP) is 15.1. The first kappa shape index (κ1) is 32.3. The zero-order chi connectivity index (χ0) is 38.7. The van der Waals surface area contributed by atoms with Crippen molar-refractivity contribution in [2.45, 2.75) is 5.41 Å². The number of fused-ring (bicyclic) bond motifs is 15. The Labute approximate surface area is 339 Å². The van der Waals surface area contributed by atoms with Crippen LogP contribution in [0.1, 0.15) is 22.5 Å². The lowest BCUT2D eigenvalue weighted by Gasteiger charge is -2.36. The van der Waals surface area contributed by atoms with E-state index in [4.69, 9.17) is 13.6 Å². The average Bonchev–Trinajstić information content (AvgIpc) is 3.95. The average molecular weight is 756 g/mol. The van der Waals surface area contributed by atoms with Gasteiger partial charge in [-0.05, 0) is 98.8 Å². The van der Waals surface area contributed by atoms with E-state index >= 15 is 0 Å². The maximum absolute atomic E-state index is 7.23. The van der Waals surface area contributed by atoms with Crippen molar-refractivity contribution < 1.29 is 13.6 Å². The number of nitrogens with zero attached hydrogens (tertiary/aromatic N) is 1. The minimum Gasteiger partial charge on any atom is -0.456 e. The maximum atomic E-state index is 7.23. The lowest BCUT2D eigenvalue weighted by Crippen LogP contribution is -2.31. The molecule has 2 aromatic heterocycles. The number of para-hydroxylation sites is 2. The molecule has 0 fully saturated rings. The summed E-state index contributed by atoms with van der Waals surface area (Å²) in [5.74, 6) is 2.40. The van der Waals surface area contributed by atoms with Crippen molar-refractivity contribution in [3.8, 4) is 33.8 Å². The second-order valence-electron chi connectivity index (χ2n) is 15.6. The molecule has 0 amide bonds. The van der Waals surface area contributed by atoms with E-state index in [9.17, 15) is 0 Å². The number of rotatable bonds is 4. The molecule has 0 N–H and O–H groups in total. The summed E-state index contributed by atoms with van der Waals surface area (Å²) < 4.78 is 20.4. The standard InChI is InChI=1S/C55H33NO3/c1-2-14-39-34(12-1)13-11-18-40(39)35-24-26-36(27-25-35)56(37-29-31-50-45(32-37)43-17-5-9-22-49(43)57-50)38-28-30-44-52(33-38)59-54-53(44)58-51-23-10-8-21-48(51)55(54)46-19-6-3-15-41(46)42-16-4-7-20-47(42)55/h1-33H. The van der Waals surface area contributed by atoms with E-state index in [0.29, 0.717) is 0 Å². The summed E-state index contributed by atoms with van der Waals surface area (Å²) in [4.78, 5) is 2.31. The Hall–Kier alpha value is -7.82.